The molecule has 1 aromatic heterocycles. The van der Waals surface area contributed by atoms with E-state index in [2.05, 4.69) is 5.10 Å². The second-order valence-electron chi connectivity index (χ2n) is 7.17. The number of hydrogen-bond donors (Lipinski definition) is 2. The topological polar surface area (TPSA) is 67.5 Å². The number of hydrogen-bond acceptors (Lipinski definition) is 4. The molecule has 4 rings (SSSR count). The molecule has 0 spiro atoms. The van der Waals surface area contributed by atoms with Crippen LogP contribution in [0.2, 0.25) is 0 Å². The summed E-state index contributed by atoms with van der Waals surface area (Å²) in [6.07, 6.45) is 1.10. The van der Waals surface area contributed by atoms with Crippen LogP contribution in [0.4, 0.5) is 13.2 Å². The van der Waals surface area contributed by atoms with Crippen molar-refractivity contribution >= 4 is 17.3 Å². The monoisotopic (exact) mass is 462 g/mol. The van der Waals surface area contributed by atoms with Crippen molar-refractivity contribution in [1.82, 2.24) is 9.78 Å². The van der Waals surface area contributed by atoms with Gasteiger partial charge in [0, 0.05) is 0 Å². The van der Waals surface area contributed by atoms with Gasteiger partial charge in [0.15, 0.2) is 17.2 Å². The largest absolute Gasteiger partial charge is 0.504 e. The molecule has 5 nitrogen and oxygen atoms in total. The van der Waals surface area contributed by atoms with Gasteiger partial charge in [-0.2, -0.15) is 18.3 Å². The second-order valence-corrected chi connectivity index (χ2v) is 7.70. The molecule has 0 amide bonds. The van der Waals surface area contributed by atoms with Crippen molar-refractivity contribution in [2.75, 3.05) is 0 Å². The van der Waals surface area contributed by atoms with Gasteiger partial charge in [-0.05, 0) is 54.0 Å². The summed E-state index contributed by atoms with van der Waals surface area (Å²) in [4.78, 5) is 0. The van der Waals surface area contributed by atoms with Crippen LogP contribution < -0.4 is 4.74 Å². The van der Waals surface area contributed by atoms with E-state index in [1.165, 1.54) is 16.8 Å². The van der Waals surface area contributed by atoms with Gasteiger partial charge in [0.25, 0.3) is 0 Å². The smallest absolute Gasteiger partial charge is 0.435 e. The van der Waals surface area contributed by atoms with Crippen LogP contribution in [-0.2, 0) is 12.8 Å². The lowest BCUT2D eigenvalue weighted by atomic mass is 10.1. The number of phenolic OH excluding ortho intramolecular Hbond substituents is 2. The van der Waals surface area contributed by atoms with E-state index in [9.17, 15) is 23.4 Å². The first-order valence-corrected chi connectivity index (χ1v) is 10.1. The Labute approximate surface area is 186 Å². The third-order valence-electron chi connectivity index (χ3n) is 4.93. The molecule has 32 heavy (non-hydrogen) atoms. The van der Waals surface area contributed by atoms with Crippen molar-refractivity contribution < 1.29 is 28.1 Å². The SMILES string of the molecule is Oc1ccc(-c2ccc(OCc3cc(C(F)(F)F)nn3C3=CC=CCC3Cl)cc2)cc1O. The van der Waals surface area contributed by atoms with Crippen molar-refractivity contribution in [1.29, 1.82) is 0 Å². The molecular weight excluding hydrogens is 445 g/mol. The van der Waals surface area contributed by atoms with Crippen molar-refractivity contribution in [3.05, 3.63) is 78.1 Å². The fraction of sp³-hybridized carbons (Fsp3) is 0.174. The summed E-state index contributed by atoms with van der Waals surface area (Å²) in [5.41, 5.74) is 1.10. The highest BCUT2D eigenvalue weighted by molar-refractivity contribution is 6.25. The third kappa shape index (κ3) is 4.60. The van der Waals surface area contributed by atoms with Gasteiger partial charge in [-0.1, -0.05) is 30.4 Å². The average Bonchev–Trinajstić information content (AvgIpc) is 3.19. The summed E-state index contributed by atoms with van der Waals surface area (Å²) in [5, 5.41) is 22.3. The van der Waals surface area contributed by atoms with Crippen LogP contribution in [-0.4, -0.2) is 25.4 Å². The third-order valence-corrected chi connectivity index (χ3v) is 5.34. The predicted molar refractivity (Wildman–Crippen MR) is 114 cm³/mol. The van der Waals surface area contributed by atoms with Gasteiger partial charge in [-0.3, -0.25) is 0 Å². The maximum atomic E-state index is 13.3. The summed E-state index contributed by atoms with van der Waals surface area (Å²) < 4.78 is 46.7. The Morgan fingerprint density at radius 2 is 1.75 bits per heavy atom. The number of benzene rings is 2. The van der Waals surface area contributed by atoms with Crippen LogP contribution in [0, 0.1) is 0 Å². The summed E-state index contributed by atoms with van der Waals surface area (Å²) in [6.45, 7) is -0.146. The standard InChI is InChI=1S/C23H18ClF3N2O3/c24-18-3-1-2-4-19(18)29-16(12-22(28-29)23(25,26)27)13-32-17-8-5-14(6-9-17)15-7-10-20(30)21(31)11-15/h1-2,4-12,18,30-31H,3,13H2. The summed E-state index contributed by atoms with van der Waals surface area (Å²) in [7, 11) is 0. The summed E-state index contributed by atoms with van der Waals surface area (Å²) >= 11 is 6.29. The Morgan fingerprint density at radius 1 is 1.03 bits per heavy atom. The summed E-state index contributed by atoms with van der Waals surface area (Å²) in [5.74, 6) is -0.00897. The molecule has 0 saturated heterocycles. The van der Waals surface area contributed by atoms with Crippen molar-refractivity contribution in [3.63, 3.8) is 0 Å². The molecule has 1 aliphatic rings. The molecule has 0 bridgehead atoms. The lowest BCUT2D eigenvalue weighted by Crippen LogP contribution is -2.16. The molecule has 9 heteroatoms. The minimum Gasteiger partial charge on any atom is -0.504 e. The highest BCUT2D eigenvalue weighted by atomic mass is 35.5. The van der Waals surface area contributed by atoms with Gasteiger partial charge in [0.2, 0.25) is 0 Å². The Balaban J connectivity index is 1.55. The molecule has 1 unspecified atom stereocenters. The second kappa shape index (κ2) is 8.63. The molecule has 1 atom stereocenters. The molecule has 3 aromatic rings. The van der Waals surface area contributed by atoms with E-state index in [0.717, 1.165) is 11.6 Å². The first-order valence-electron chi connectivity index (χ1n) is 9.65. The molecule has 1 heterocycles. The Hall–Kier alpha value is -3.39. The Bertz CT molecular complexity index is 1180. The number of aromatic nitrogens is 2. The van der Waals surface area contributed by atoms with Crippen LogP contribution in [0.1, 0.15) is 17.8 Å². The quantitative estimate of drug-likeness (QED) is 0.362. The molecule has 0 fully saturated rings. The van der Waals surface area contributed by atoms with E-state index in [1.807, 2.05) is 6.08 Å². The van der Waals surface area contributed by atoms with Gasteiger partial charge in [0.1, 0.15) is 12.4 Å². The number of allylic oxidation sites excluding steroid dienone is 4. The maximum absolute atomic E-state index is 13.3. The van der Waals surface area contributed by atoms with Gasteiger partial charge in [-0.25, -0.2) is 4.68 Å². The lowest BCUT2D eigenvalue weighted by molar-refractivity contribution is -0.141. The zero-order valence-electron chi connectivity index (χ0n) is 16.6. The number of rotatable bonds is 5. The molecule has 2 aromatic carbocycles. The highest BCUT2D eigenvalue weighted by Crippen LogP contribution is 2.33. The van der Waals surface area contributed by atoms with Crippen molar-refractivity contribution in [2.45, 2.75) is 24.6 Å². The predicted octanol–water partition coefficient (Wildman–Crippen LogP) is 5.97. The van der Waals surface area contributed by atoms with Crippen molar-refractivity contribution in [2.24, 2.45) is 0 Å². The molecule has 0 aliphatic heterocycles. The molecule has 0 radical (unpaired) electrons. The zero-order chi connectivity index (χ0) is 22.9. The maximum Gasteiger partial charge on any atom is 0.435 e. The van der Waals surface area contributed by atoms with E-state index in [4.69, 9.17) is 16.3 Å². The van der Waals surface area contributed by atoms with Gasteiger partial charge >= 0.3 is 6.18 Å². The van der Waals surface area contributed by atoms with Crippen LogP contribution in [0.25, 0.3) is 16.8 Å². The Morgan fingerprint density at radius 3 is 2.41 bits per heavy atom. The summed E-state index contributed by atoms with van der Waals surface area (Å²) in [6, 6.07) is 12.2. The van der Waals surface area contributed by atoms with E-state index >= 15 is 0 Å². The molecule has 166 valence electrons. The lowest BCUT2D eigenvalue weighted by Gasteiger charge is -2.18. The average molecular weight is 463 g/mol. The zero-order valence-corrected chi connectivity index (χ0v) is 17.3. The fourth-order valence-corrected chi connectivity index (χ4v) is 3.55. The normalized spacial score (nSPS) is 16.1. The van der Waals surface area contributed by atoms with E-state index in [0.29, 0.717) is 23.4 Å². The number of alkyl halides is 4. The molecule has 1 aliphatic carbocycles. The number of halogens is 4. The van der Waals surface area contributed by atoms with Crippen LogP contribution >= 0.6 is 11.6 Å². The fourth-order valence-electron chi connectivity index (χ4n) is 3.28. The van der Waals surface area contributed by atoms with Gasteiger partial charge < -0.3 is 14.9 Å². The number of phenols is 2. The highest BCUT2D eigenvalue weighted by Gasteiger charge is 2.36. The van der Waals surface area contributed by atoms with Crippen LogP contribution in [0.3, 0.4) is 0 Å². The van der Waals surface area contributed by atoms with Crippen molar-refractivity contribution in [3.8, 4) is 28.4 Å². The molecule has 2 N–H and O–H groups in total. The number of ether oxygens (including phenoxy) is 1. The number of aromatic hydroxyl groups is 2. The molecular formula is C23H18ClF3N2O3. The first-order chi connectivity index (χ1) is 15.2. The first kappa shape index (κ1) is 21.8. The van der Waals surface area contributed by atoms with Crippen LogP contribution in [0.5, 0.6) is 17.2 Å². The molecule has 0 saturated carbocycles. The van der Waals surface area contributed by atoms with E-state index in [-0.39, 0.29) is 23.8 Å². The van der Waals surface area contributed by atoms with Gasteiger partial charge in [0.05, 0.1) is 16.8 Å². The van der Waals surface area contributed by atoms with E-state index < -0.39 is 17.2 Å². The minimum absolute atomic E-state index is 0.146. The minimum atomic E-state index is -4.59. The van der Waals surface area contributed by atoms with E-state index in [1.54, 1.807) is 42.5 Å². The number of nitrogens with zero attached hydrogens (tertiary/aromatic N) is 2. The van der Waals surface area contributed by atoms with Gasteiger partial charge in [-0.15, -0.1) is 11.6 Å². The van der Waals surface area contributed by atoms with Crippen LogP contribution in [0.15, 0.2) is 66.8 Å². The Kier molecular flexibility index (Phi) is 5.88.